The Hall–Kier alpha value is -3.52. The maximum atomic E-state index is 12.5. The topological polar surface area (TPSA) is 92.0 Å². The summed E-state index contributed by atoms with van der Waals surface area (Å²) in [6.07, 6.45) is 1.49. The van der Waals surface area contributed by atoms with Crippen LogP contribution in [0.1, 0.15) is 21.9 Å². The molecule has 0 N–H and O–H groups in total. The fourth-order valence-electron chi connectivity index (χ4n) is 2.80. The first-order chi connectivity index (χ1) is 13.9. The van der Waals surface area contributed by atoms with Crippen LogP contribution in [-0.2, 0) is 10.1 Å². The molecule has 0 saturated carbocycles. The molecule has 0 amide bonds. The number of carbonyl (C=O) groups excluding carboxylic acids is 1. The quantitative estimate of drug-likeness (QED) is 0.462. The molecule has 148 valence electrons. The Morgan fingerprint density at radius 3 is 2.34 bits per heavy atom. The first-order valence-corrected chi connectivity index (χ1v) is 10.00. The van der Waals surface area contributed by atoms with E-state index < -0.39 is 10.1 Å². The van der Waals surface area contributed by atoms with E-state index in [1.54, 1.807) is 19.1 Å². The third-order valence-electron chi connectivity index (χ3n) is 4.23. The summed E-state index contributed by atoms with van der Waals surface area (Å²) < 4.78 is 46.2. The second kappa shape index (κ2) is 7.14. The number of carbonyl (C=O) groups is 1. The van der Waals surface area contributed by atoms with Crippen LogP contribution in [0.25, 0.3) is 6.08 Å². The summed E-state index contributed by atoms with van der Waals surface area (Å²) in [5.74, 6) is 1.73. The molecule has 0 saturated heterocycles. The third kappa shape index (κ3) is 3.74. The van der Waals surface area contributed by atoms with Gasteiger partial charge in [0.25, 0.3) is 0 Å². The Labute approximate surface area is 167 Å². The average molecular weight is 412 g/mol. The highest BCUT2D eigenvalue weighted by atomic mass is 32.2. The number of allylic oxidation sites excluding steroid dienone is 1. The minimum absolute atomic E-state index is 0.0235. The Bertz CT molecular complexity index is 1220. The maximum Gasteiger partial charge on any atom is 0.339 e. The molecule has 2 aromatic carbocycles. The lowest BCUT2D eigenvalue weighted by molar-refractivity contribution is 0.101. The zero-order chi connectivity index (χ0) is 20.6. The monoisotopic (exact) mass is 412 g/mol. The summed E-state index contributed by atoms with van der Waals surface area (Å²) in [4.78, 5) is 12.5. The van der Waals surface area contributed by atoms with E-state index >= 15 is 0 Å². The van der Waals surface area contributed by atoms with Crippen molar-refractivity contribution in [2.75, 3.05) is 7.11 Å². The lowest BCUT2D eigenvalue weighted by Gasteiger charge is -2.08. The normalized spacial score (nSPS) is 14.6. The molecule has 8 heteroatoms. The number of hydrogen-bond donors (Lipinski definition) is 0. The van der Waals surface area contributed by atoms with Crippen molar-refractivity contribution in [3.05, 3.63) is 77.4 Å². The highest BCUT2D eigenvalue weighted by Crippen LogP contribution is 2.35. The van der Waals surface area contributed by atoms with E-state index in [4.69, 9.17) is 18.1 Å². The van der Waals surface area contributed by atoms with Gasteiger partial charge in [-0.25, -0.2) is 0 Å². The zero-order valence-electron chi connectivity index (χ0n) is 15.5. The van der Waals surface area contributed by atoms with Crippen molar-refractivity contribution in [3.63, 3.8) is 0 Å². The van der Waals surface area contributed by atoms with Gasteiger partial charge in [0.15, 0.2) is 5.76 Å². The molecule has 0 aliphatic carbocycles. The van der Waals surface area contributed by atoms with Crippen LogP contribution in [0.3, 0.4) is 0 Å². The lowest BCUT2D eigenvalue weighted by Crippen LogP contribution is -2.09. The highest BCUT2D eigenvalue weighted by Gasteiger charge is 2.29. The summed E-state index contributed by atoms with van der Waals surface area (Å²) >= 11 is 0. The average Bonchev–Trinajstić information content (AvgIpc) is 3.24. The van der Waals surface area contributed by atoms with Crippen LogP contribution in [-0.4, -0.2) is 21.3 Å². The Balaban J connectivity index is 1.57. The van der Waals surface area contributed by atoms with Gasteiger partial charge >= 0.3 is 10.1 Å². The van der Waals surface area contributed by atoms with Gasteiger partial charge < -0.3 is 18.1 Å². The number of ether oxygens (including phenoxy) is 2. The maximum absolute atomic E-state index is 12.5. The molecular weight excluding hydrogens is 396 g/mol. The van der Waals surface area contributed by atoms with E-state index in [1.165, 1.54) is 55.7 Å². The van der Waals surface area contributed by atoms with Gasteiger partial charge in [-0.2, -0.15) is 8.42 Å². The van der Waals surface area contributed by atoms with Gasteiger partial charge in [0.1, 0.15) is 33.7 Å². The number of rotatable bonds is 5. The fraction of sp³-hybridized carbons (Fsp3) is 0.0952. The number of fused-ring (bicyclic) bond motifs is 1. The second-order valence-electron chi connectivity index (χ2n) is 6.26. The first kappa shape index (κ1) is 18.8. The molecule has 0 fully saturated rings. The van der Waals surface area contributed by atoms with Crippen molar-refractivity contribution in [2.24, 2.45) is 0 Å². The van der Waals surface area contributed by atoms with Gasteiger partial charge in [-0.05, 0) is 55.5 Å². The number of furan rings is 1. The summed E-state index contributed by atoms with van der Waals surface area (Å²) in [7, 11) is -2.57. The molecule has 0 radical (unpaired) electrons. The number of hydrogen-bond acceptors (Lipinski definition) is 7. The largest absolute Gasteiger partial charge is 0.497 e. The van der Waals surface area contributed by atoms with Gasteiger partial charge in [-0.15, -0.1) is 0 Å². The number of benzene rings is 2. The van der Waals surface area contributed by atoms with Crippen molar-refractivity contribution < 1.29 is 31.3 Å². The standard InChI is InChI=1S/C21H16O7S/c1-13-3-4-15(26-13)11-20-21(22)18-10-7-16(12-19(18)27-20)28-29(23,24)17-8-5-14(25-2)6-9-17/h3-12H,1-2H3. The molecule has 0 spiro atoms. The second-order valence-corrected chi connectivity index (χ2v) is 7.81. The highest BCUT2D eigenvalue weighted by molar-refractivity contribution is 7.87. The van der Waals surface area contributed by atoms with Gasteiger partial charge in [-0.3, -0.25) is 4.79 Å². The SMILES string of the molecule is COc1ccc(S(=O)(=O)Oc2ccc3c(c2)OC(=Cc2ccc(C)o2)C3=O)cc1. The van der Waals surface area contributed by atoms with Crippen LogP contribution in [0.4, 0.5) is 0 Å². The van der Waals surface area contributed by atoms with Crippen LogP contribution in [0.15, 0.2) is 69.7 Å². The summed E-state index contributed by atoms with van der Waals surface area (Å²) in [6.45, 7) is 1.79. The number of aryl methyl sites for hydroxylation is 1. The van der Waals surface area contributed by atoms with Crippen LogP contribution >= 0.6 is 0 Å². The van der Waals surface area contributed by atoms with Crippen molar-refractivity contribution >= 4 is 22.0 Å². The van der Waals surface area contributed by atoms with E-state index in [1.807, 2.05) is 0 Å². The Morgan fingerprint density at radius 1 is 0.966 bits per heavy atom. The molecule has 1 aliphatic rings. The van der Waals surface area contributed by atoms with Crippen molar-refractivity contribution in [2.45, 2.75) is 11.8 Å². The fourth-order valence-corrected chi connectivity index (χ4v) is 3.72. The van der Waals surface area contributed by atoms with Gasteiger partial charge in [0, 0.05) is 12.1 Å². The van der Waals surface area contributed by atoms with E-state index in [-0.39, 0.29) is 27.9 Å². The molecular formula is C21H16O7S. The molecule has 0 atom stereocenters. The van der Waals surface area contributed by atoms with Crippen molar-refractivity contribution in [3.8, 4) is 17.2 Å². The summed E-state index contributed by atoms with van der Waals surface area (Å²) in [6, 6.07) is 13.5. The smallest absolute Gasteiger partial charge is 0.339 e. The van der Waals surface area contributed by atoms with E-state index in [0.717, 1.165) is 0 Å². The molecule has 0 unspecified atom stereocenters. The molecule has 2 heterocycles. The van der Waals surface area contributed by atoms with Gasteiger partial charge in [0.2, 0.25) is 5.78 Å². The third-order valence-corrected chi connectivity index (χ3v) is 5.49. The molecule has 4 rings (SSSR count). The minimum Gasteiger partial charge on any atom is -0.497 e. The van der Waals surface area contributed by atoms with Crippen LogP contribution < -0.4 is 13.7 Å². The first-order valence-electron chi connectivity index (χ1n) is 8.59. The minimum atomic E-state index is -4.05. The summed E-state index contributed by atoms with van der Waals surface area (Å²) in [5.41, 5.74) is 0.314. The molecule has 1 aromatic heterocycles. The van der Waals surface area contributed by atoms with Crippen LogP contribution in [0.5, 0.6) is 17.2 Å². The van der Waals surface area contributed by atoms with Crippen molar-refractivity contribution in [1.82, 2.24) is 0 Å². The van der Waals surface area contributed by atoms with E-state index in [9.17, 15) is 13.2 Å². The van der Waals surface area contributed by atoms with Gasteiger partial charge in [-0.1, -0.05) is 0 Å². The predicted molar refractivity (Wildman–Crippen MR) is 104 cm³/mol. The number of Topliss-reactive ketones (excluding diaryl/α,β-unsaturated/α-hetero) is 1. The van der Waals surface area contributed by atoms with Crippen LogP contribution in [0.2, 0.25) is 0 Å². The number of ketones is 1. The zero-order valence-corrected chi connectivity index (χ0v) is 16.4. The lowest BCUT2D eigenvalue weighted by atomic mass is 10.1. The van der Waals surface area contributed by atoms with Gasteiger partial charge in [0.05, 0.1) is 12.7 Å². The predicted octanol–water partition coefficient (Wildman–Crippen LogP) is 3.98. The molecule has 29 heavy (non-hydrogen) atoms. The van der Waals surface area contributed by atoms with E-state index in [2.05, 4.69) is 0 Å². The summed E-state index contributed by atoms with van der Waals surface area (Å²) in [5, 5.41) is 0. The molecule has 1 aliphatic heterocycles. The molecule has 0 bridgehead atoms. The van der Waals surface area contributed by atoms with E-state index in [0.29, 0.717) is 22.8 Å². The van der Waals surface area contributed by atoms with Crippen molar-refractivity contribution in [1.29, 1.82) is 0 Å². The Morgan fingerprint density at radius 2 is 1.69 bits per heavy atom. The van der Waals surface area contributed by atoms with Crippen LogP contribution in [0, 0.1) is 6.92 Å². The molecule has 7 nitrogen and oxygen atoms in total. The molecule has 3 aromatic rings. The Kier molecular flexibility index (Phi) is 4.63. The number of methoxy groups -OCH3 is 1.